The fourth-order valence-electron chi connectivity index (χ4n) is 4.08. The fraction of sp³-hybridized carbons (Fsp3) is 0.571. The van der Waals surface area contributed by atoms with E-state index in [1.165, 1.54) is 16.7 Å². The van der Waals surface area contributed by atoms with Crippen LogP contribution in [0.15, 0.2) is 41.0 Å². The lowest BCUT2D eigenvalue weighted by Gasteiger charge is -2.36. The molecule has 0 saturated heterocycles. The van der Waals surface area contributed by atoms with Crippen LogP contribution in [0.5, 0.6) is 11.5 Å². The summed E-state index contributed by atoms with van der Waals surface area (Å²) in [5, 5.41) is 10.5. The van der Waals surface area contributed by atoms with Gasteiger partial charge < -0.3 is 9.84 Å². The molecule has 0 aromatic heterocycles. The van der Waals surface area contributed by atoms with E-state index in [0.717, 1.165) is 68.1 Å². The number of phenols is 1. The SMILES string of the molecule is CC(C)=CCC/C(C)=C/CC/C(C)=C/CCC1(C)CCc2cc(C)c(C)c(O)c2O1. The molecule has 30 heavy (non-hydrogen) atoms. The van der Waals surface area contributed by atoms with Crippen LogP contribution in [-0.2, 0) is 6.42 Å². The molecular weight excluding hydrogens is 368 g/mol. The average molecular weight is 411 g/mol. The van der Waals surface area contributed by atoms with E-state index in [4.69, 9.17) is 4.74 Å². The third-order valence-corrected chi connectivity index (χ3v) is 6.40. The van der Waals surface area contributed by atoms with Crippen LogP contribution in [0.25, 0.3) is 0 Å². The number of phenolic OH excluding ortho intramolecular Hbond substituents is 1. The molecule has 1 aromatic rings. The van der Waals surface area contributed by atoms with Crippen LogP contribution in [0, 0.1) is 13.8 Å². The van der Waals surface area contributed by atoms with E-state index in [1.807, 2.05) is 6.92 Å². The standard InChI is InChI=1S/C28H42O2/c1-20(2)11-8-12-21(3)13-9-14-22(4)15-10-17-28(7)18-16-25-19-23(5)24(6)26(29)27(25)30-28/h11,13,15,19,29H,8-10,12,14,16-18H2,1-7H3/b21-13+,22-15+. The summed E-state index contributed by atoms with van der Waals surface area (Å²) in [5.41, 5.74) is 7.36. The molecule has 2 heteroatoms. The maximum atomic E-state index is 10.5. The van der Waals surface area contributed by atoms with Crippen molar-refractivity contribution in [2.24, 2.45) is 0 Å². The summed E-state index contributed by atoms with van der Waals surface area (Å²) in [5.74, 6) is 1.04. The molecule has 1 unspecified atom stereocenters. The molecule has 0 radical (unpaired) electrons. The minimum atomic E-state index is -0.204. The molecule has 0 amide bonds. The smallest absolute Gasteiger partial charge is 0.165 e. The van der Waals surface area contributed by atoms with Gasteiger partial charge in [0.1, 0.15) is 5.60 Å². The van der Waals surface area contributed by atoms with Crippen molar-refractivity contribution in [1.29, 1.82) is 0 Å². The second-order valence-electron chi connectivity index (χ2n) is 9.71. The Morgan fingerprint density at radius 2 is 1.60 bits per heavy atom. The fourth-order valence-corrected chi connectivity index (χ4v) is 4.08. The highest BCUT2D eigenvalue weighted by atomic mass is 16.5. The highest BCUT2D eigenvalue weighted by molar-refractivity contribution is 5.55. The van der Waals surface area contributed by atoms with Gasteiger partial charge in [0.25, 0.3) is 0 Å². The summed E-state index contributed by atoms with van der Waals surface area (Å²) in [4.78, 5) is 0. The van der Waals surface area contributed by atoms with E-state index >= 15 is 0 Å². The number of hydrogen-bond donors (Lipinski definition) is 1. The van der Waals surface area contributed by atoms with Gasteiger partial charge in [0, 0.05) is 0 Å². The number of hydrogen-bond acceptors (Lipinski definition) is 2. The Labute approximate surface area is 184 Å². The summed E-state index contributed by atoms with van der Waals surface area (Å²) >= 11 is 0. The molecule has 1 N–H and O–H groups in total. The Kier molecular flexibility index (Phi) is 8.82. The first kappa shape index (κ1) is 24.3. The van der Waals surface area contributed by atoms with Gasteiger partial charge >= 0.3 is 0 Å². The molecule has 2 nitrogen and oxygen atoms in total. The number of fused-ring (bicyclic) bond motifs is 1. The van der Waals surface area contributed by atoms with Crippen molar-refractivity contribution in [2.45, 2.75) is 105 Å². The van der Waals surface area contributed by atoms with Crippen LogP contribution < -0.4 is 4.74 Å². The van der Waals surface area contributed by atoms with Gasteiger partial charge in [-0.1, -0.05) is 41.0 Å². The molecule has 0 bridgehead atoms. The zero-order chi connectivity index (χ0) is 22.3. The van der Waals surface area contributed by atoms with Gasteiger partial charge in [-0.15, -0.1) is 0 Å². The Hall–Kier alpha value is -1.96. The first-order valence-corrected chi connectivity index (χ1v) is 11.6. The molecule has 2 rings (SSSR count). The zero-order valence-electron chi connectivity index (χ0n) is 20.3. The number of aryl methyl sites for hydroxylation is 2. The van der Waals surface area contributed by atoms with Gasteiger partial charge in [0.15, 0.2) is 11.5 Å². The third kappa shape index (κ3) is 7.07. The number of allylic oxidation sites excluding steroid dienone is 6. The summed E-state index contributed by atoms with van der Waals surface area (Å²) in [6, 6.07) is 2.17. The Balaban J connectivity index is 1.83. The van der Waals surface area contributed by atoms with Crippen molar-refractivity contribution in [3.8, 4) is 11.5 Å². The maximum Gasteiger partial charge on any atom is 0.165 e. The molecule has 0 aliphatic carbocycles. The van der Waals surface area contributed by atoms with E-state index < -0.39 is 0 Å². The first-order valence-electron chi connectivity index (χ1n) is 11.6. The monoisotopic (exact) mass is 410 g/mol. The molecule has 1 atom stereocenters. The van der Waals surface area contributed by atoms with Gasteiger partial charge in [-0.25, -0.2) is 0 Å². The highest BCUT2D eigenvalue weighted by Crippen LogP contribution is 2.44. The molecular formula is C28H42O2. The van der Waals surface area contributed by atoms with Crippen molar-refractivity contribution in [1.82, 2.24) is 0 Å². The van der Waals surface area contributed by atoms with E-state index in [-0.39, 0.29) is 5.60 Å². The third-order valence-electron chi connectivity index (χ3n) is 6.40. The zero-order valence-corrected chi connectivity index (χ0v) is 20.3. The van der Waals surface area contributed by atoms with E-state index in [9.17, 15) is 5.11 Å². The van der Waals surface area contributed by atoms with Crippen LogP contribution in [0.3, 0.4) is 0 Å². The molecule has 1 aromatic carbocycles. The van der Waals surface area contributed by atoms with Gasteiger partial charge in [0.05, 0.1) is 0 Å². The largest absolute Gasteiger partial charge is 0.504 e. The first-order chi connectivity index (χ1) is 14.1. The molecule has 0 fully saturated rings. The van der Waals surface area contributed by atoms with Gasteiger partial charge in [-0.05, 0) is 117 Å². The van der Waals surface area contributed by atoms with Crippen LogP contribution in [0.4, 0.5) is 0 Å². The number of ether oxygens (including phenoxy) is 1. The van der Waals surface area contributed by atoms with Crippen molar-refractivity contribution in [2.75, 3.05) is 0 Å². The molecule has 0 saturated carbocycles. The van der Waals surface area contributed by atoms with Crippen molar-refractivity contribution >= 4 is 0 Å². The van der Waals surface area contributed by atoms with E-state index in [0.29, 0.717) is 11.5 Å². The number of benzene rings is 1. The molecule has 1 aliphatic heterocycles. The van der Waals surface area contributed by atoms with E-state index in [1.54, 1.807) is 0 Å². The highest BCUT2D eigenvalue weighted by Gasteiger charge is 2.33. The number of rotatable bonds is 9. The lowest BCUT2D eigenvalue weighted by atomic mass is 9.87. The predicted molar refractivity (Wildman–Crippen MR) is 130 cm³/mol. The van der Waals surface area contributed by atoms with Crippen molar-refractivity contribution < 1.29 is 9.84 Å². The Morgan fingerprint density at radius 1 is 1.00 bits per heavy atom. The average Bonchev–Trinajstić information content (AvgIpc) is 2.67. The second kappa shape index (κ2) is 10.9. The lowest BCUT2D eigenvalue weighted by Crippen LogP contribution is -2.36. The normalized spacial score (nSPS) is 19.3. The van der Waals surface area contributed by atoms with Gasteiger partial charge in [-0.2, -0.15) is 0 Å². The van der Waals surface area contributed by atoms with Crippen LogP contribution >= 0.6 is 0 Å². The van der Waals surface area contributed by atoms with Crippen LogP contribution in [0.2, 0.25) is 0 Å². The topological polar surface area (TPSA) is 29.5 Å². The minimum Gasteiger partial charge on any atom is -0.504 e. The summed E-state index contributed by atoms with van der Waals surface area (Å²) in [7, 11) is 0. The summed E-state index contributed by atoms with van der Waals surface area (Å²) in [6.07, 6.45) is 15.6. The van der Waals surface area contributed by atoms with Crippen LogP contribution in [0.1, 0.15) is 96.3 Å². The quantitative estimate of drug-likeness (QED) is 0.415. The Bertz CT molecular complexity index is 822. The van der Waals surface area contributed by atoms with Crippen molar-refractivity contribution in [3.63, 3.8) is 0 Å². The Morgan fingerprint density at radius 3 is 2.23 bits per heavy atom. The van der Waals surface area contributed by atoms with E-state index in [2.05, 4.69) is 65.8 Å². The predicted octanol–water partition coefficient (Wildman–Crippen LogP) is 8.29. The lowest BCUT2D eigenvalue weighted by molar-refractivity contribution is 0.0536. The van der Waals surface area contributed by atoms with Crippen LogP contribution in [-0.4, -0.2) is 10.7 Å². The second-order valence-corrected chi connectivity index (χ2v) is 9.71. The minimum absolute atomic E-state index is 0.204. The van der Waals surface area contributed by atoms with Gasteiger partial charge in [-0.3, -0.25) is 0 Å². The molecule has 166 valence electrons. The maximum absolute atomic E-state index is 10.5. The van der Waals surface area contributed by atoms with Gasteiger partial charge in [0.2, 0.25) is 0 Å². The summed E-state index contributed by atoms with van der Waals surface area (Å²) < 4.78 is 6.34. The molecule has 1 heterocycles. The molecule has 1 aliphatic rings. The summed E-state index contributed by atoms with van der Waals surface area (Å²) in [6.45, 7) is 15.0. The number of aromatic hydroxyl groups is 1. The van der Waals surface area contributed by atoms with Crippen molar-refractivity contribution in [3.05, 3.63) is 57.7 Å². The molecule has 0 spiro atoms.